The van der Waals surface area contributed by atoms with Crippen molar-refractivity contribution >= 4 is 10.8 Å². The van der Waals surface area contributed by atoms with Crippen molar-refractivity contribution in [3.8, 4) is 11.5 Å². The van der Waals surface area contributed by atoms with Gasteiger partial charge in [-0.2, -0.15) is 10.2 Å². The number of aryl methyl sites for hydroxylation is 1. The molecule has 6 nitrogen and oxygen atoms in total. The van der Waals surface area contributed by atoms with Crippen molar-refractivity contribution in [2.45, 2.75) is 18.8 Å². The Morgan fingerprint density at radius 3 is 2.75 bits per heavy atom. The molecule has 2 aromatic heterocycles. The lowest BCUT2D eigenvalue weighted by Crippen LogP contribution is -2.20. The van der Waals surface area contributed by atoms with Crippen molar-refractivity contribution in [1.29, 1.82) is 0 Å². The van der Waals surface area contributed by atoms with Crippen LogP contribution >= 0.6 is 0 Å². The molecule has 0 spiro atoms. The molecule has 20 heavy (non-hydrogen) atoms. The maximum Gasteiger partial charge on any atom is 0.274 e. The fourth-order valence-corrected chi connectivity index (χ4v) is 2.38. The zero-order valence-corrected chi connectivity index (χ0v) is 11.0. The van der Waals surface area contributed by atoms with Gasteiger partial charge >= 0.3 is 0 Å². The van der Waals surface area contributed by atoms with Crippen LogP contribution in [0.3, 0.4) is 0 Å². The van der Waals surface area contributed by atoms with E-state index in [1.54, 1.807) is 13.1 Å². The van der Waals surface area contributed by atoms with E-state index in [1.807, 2.05) is 18.2 Å². The molecule has 0 saturated heterocycles. The smallest absolute Gasteiger partial charge is 0.267 e. The van der Waals surface area contributed by atoms with Gasteiger partial charge in [0.2, 0.25) is 5.82 Å². The molecule has 6 heteroatoms. The molecule has 1 aromatic carbocycles. The SMILES string of the molecule is Cn1nc(-c2n[nH]c(C3CC3)n2)c2ccccc2c1=O. The Morgan fingerprint density at radius 1 is 1.25 bits per heavy atom. The van der Waals surface area contributed by atoms with Crippen LogP contribution in [0, 0.1) is 0 Å². The second kappa shape index (κ2) is 4.00. The molecule has 3 aromatic rings. The highest BCUT2D eigenvalue weighted by Crippen LogP contribution is 2.38. The number of benzene rings is 1. The molecule has 1 N–H and O–H groups in total. The van der Waals surface area contributed by atoms with Crippen LogP contribution in [-0.2, 0) is 7.05 Å². The third-order valence-corrected chi connectivity index (χ3v) is 3.64. The summed E-state index contributed by atoms with van der Waals surface area (Å²) in [7, 11) is 1.65. The van der Waals surface area contributed by atoms with Crippen LogP contribution in [0.4, 0.5) is 0 Å². The lowest BCUT2D eigenvalue weighted by Gasteiger charge is -2.04. The molecule has 1 aliphatic carbocycles. The van der Waals surface area contributed by atoms with Gasteiger partial charge in [-0.15, -0.1) is 0 Å². The van der Waals surface area contributed by atoms with Gasteiger partial charge < -0.3 is 0 Å². The van der Waals surface area contributed by atoms with E-state index in [0.29, 0.717) is 22.8 Å². The van der Waals surface area contributed by atoms with E-state index in [1.165, 1.54) is 4.68 Å². The molecule has 0 atom stereocenters. The van der Waals surface area contributed by atoms with Crippen LogP contribution in [0.5, 0.6) is 0 Å². The Hall–Kier alpha value is -2.50. The van der Waals surface area contributed by atoms with Crippen molar-refractivity contribution in [3.05, 3.63) is 40.4 Å². The number of aromatic nitrogens is 5. The predicted molar refractivity (Wildman–Crippen MR) is 74.3 cm³/mol. The average molecular weight is 267 g/mol. The van der Waals surface area contributed by atoms with E-state index in [4.69, 9.17) is 0 Å². The van der Waals surface area contributed by atoms with E-state index >= 15 is 0 Å². The Labute approximate surface area is 114 Å². The minimum atomic E-state index is -0.109. The van der Waals surface area contributed by atoms with Gasteiger partial charge in [-0.05, 0) is 18.9 Å². The molecule has 0 aliphatic heterocycles. The van der Waals surface area contributed by atoms with Crippen molar-refractivity contribution in [1.82, 2.24) is 25.0 Å². The Morgan fingerprint density at radius 2 is 2.00 bits per heavy atom. The highest BCUT2D eigenvalue weighted by molar-refractivity contribution is 5.92. The van der Waals surface area contributed by atoms with E-state index in [-0.39, 0.29) is 5.56 Å². The first-order valence-corrected chi connectivity index (χ1v) is 6.63. The number of rotatable bonds is 2. The first kappa shape index (κ1) is 11.3. The largest absolute Gasteiger partial charge is 0.274 e. The number of hydrogen-bond acceptors (Lipinski definition) is 4. The van der Waals surface area contributed by atoms with Crippen molar-refractivity contribution in [2.75, 3.05) is 0 Å². The maximum atomic E-state index is 12.1. The lowest BCUT2D eigenvalue weighted by molar-refractivity contribution is 0.720. The second-order valence-electron chi connectivity index (χ2n) is 5.14. The summed E-state index contributed by atoms with van der Waals surface area (Å²) < 4.78 is 1.34. The summed E-state index contributed by atoms with van der Waals surface area (Å²) in [5.41, 5.74) is 0.535. The fourth-order valence-electron chi connectivity index (χ4n) is 2.38. The summed E-state index contributed by atoms with van der Waals surface area (Å²) in [6.45, 7) is 0. The van der Waals surface area contributed by atoms with Crippen LogP contribution < -0.4 is 5.56 Å². The number of aromatic amines is 1. The van der Waals surface area contributed by atoms with E-state index in [2.05, 4.69) is 20.3 Å². The van der Waals surface area contributed by atoms with Gasteiger partial charge in [-0.3, -0.25) is 9.89 Å². The van der Waals surface area contributed by atoms with Crippen LogP contribution in [0.15, 0.2) is 29.1 Å². The average Bonchev–Trinajstić information content (AvgIpc) is 3.21. The first-order chi connectivity index (χ1) is 9.74. The summed E-state index contributed by atoms with van der Waals surface area (Å²) in [5, 5.41) is 13.0. The predicted octanol–water partition coefficient (Wildman–Crippen LogP) is 1.60. The Balaban J connectivity index is 1.98. The van der Waals surface area contributed by atoms with Crippen LogP contribution in [0.1, 0.15) is 24.6 Å². The number of nitrogens with zero attached hydrogens (tertiary/aromatic N) is 4. The lowest BCUT2D eigenvalue weighted by atomic mass is 10.1. The number of hydrogen-bond donors (Lipinski definition) is 1. The van der Waals surface area contributed by atoms with Crippen LogP contribution in [0.2, 0.25) is 0 Å². The molecular weight excluding hydrogens is 254 g/mol. The standard InChI is InChI=1S/C14H13N5O/c1-19-14(20)10-5-3-2-4-9(10)11(18-19)13-15-12(16-17-13)8-6-7-8/h2-5,8H,6-7H2,1H3,(H,15,16,17). The molecule has 0 radical (unpaired) electrons. The zero-order valence-electron chi connectivity index (χ0n) is 11.0. The molecule has 100 valence electrons. The van der Waals surface area contributed by atoms with Gasteiger partial charge in [0, 0.05) is 18.4 Å². The summed E-state index contributed by atoms with van der Waals surface area (Å²) in [6.07, 6.45) is 2.33. The monoisotopic (exact) mass is 267 g/mol. The second-order valence-corrected chi connectivity index (χ2v) is 5.14. The Bertz CT molecular complexity index is 859. The quantitative estimate of drug-likeness (QED) is 0.765. The fraction of sp³-hybridized carbons (Fsp3) is 0.286. The van der Waals surface area contributed by atoms with Gasteiger partial charge in [-0.1, -0.05) is 18.2 Å². The Kier molecular flexibility index (Phi) is 2.26. The number of fused-ring (bicyclic) bond motifs is 1. The summed E-state index contributed by atoms with van der Waals surface area (Å²) in [6, 6.07) is 7.42. The molecule has 1 fully saturated rings. The molecule has 2 heterocycles. The van der Waals surface area contributed by atoms with Crippen molar-refractivity contribution in [3.63, 3.8) is 0 Å². The van der Waals surface area contributed by atoms with E-state index in [9.17, 15) is 4.79 Å². The first-order valence-electron chi connectivity index (χ1n) is 6.63. The number of nitrogens with one attached hydrogen (secondary N) is 1. The van der Waals surface area contributed by atoms with E-state index < -0.39 is 0 Å². The van der Waals surface area contributed by atoms with Gasteiger partial charge in [0.25, 0.3) is 5.56 Å². The molecule has 1 aliphatic rings. The molecule has 0 unspecified atom stereocenters. The molecule has 0 bridgehead atoms. The minimum absolute atomic E-state index is 0.109. The van der Waals surface area contributed by atoms with Crippen molar-refractivity contribution in [2.24, 2.45) is 7.05 Å². The molecule has 0 amide bonds. The van der Waals surface area contributed by atoms with Crippen molar-refractivity contribution < 1.29 is 0 Å². The minimum Gasteiger partial charge on any atom is -0.267 e. The molecule has 4 rings (SSSR count). The highest BCUT2D eigenvalue weighted by Gasteiger charge is 2.27. The summed E-state index contributed by atoms with van der Waals surface area (Å²) in [5.74, 6) is 1.98. The third kappa shape index (κ3) is 1.65. The maximum absolute atomic E-state index is 12.1. The van der Waals surface area contributed by atoms with Gasteiger partial charge in [0.1, 0.15) is 11.5 Å². The molecule has 1 saturated carbocycles. The number of H-pyrrole nitrogens is 1. The normalized spacial score (nSPS) is 14.8. The van der Waals surface area contributed by atoms with Crippen LogP contribution in [0.25, 0.3) is 22.3 Å². The zero-order chi connectivity index (χ0) is 13.7. The van der Waals surface area contributed by atoms with Gasteiger partial charge in [0.05, 0.1) is 5.39 Å². The summed E-state index contributed by atoms with van der Waals surface area (Å²) >= 11 is 0. The molecular formula is C14H13N5O. The van der Waals surface area contributed by atoms with Crippen LogP contribution in [-0.4, -0.2) is 25.0 Å². The van der Waals surface area contributed by atoms with E-state index in [0.717, 1.165) is 24.1 Å². The third-order valence-electron chi connectivity index (χ3n) is 3.64. The summed E-state index contributed by atoms with van der Waals surface area (Å²) in [4.78, 5) is 16.6. The topological polar surface area (TPSA) is 76.5 Å². The van der Waals surface area contributed by atoms with Gasteiger partial charge in [-0.25, -0.2) is 9.67 Å². The highest BCUT2D eigenvalue weighted by atomic mass is 16.1. The van der Waals surface area contributed by atoms with Gasteiger partial charge in [0.15, 0.2) is 0 Å².